The quantitative estimate of drug-likeness (QED) is 0.752. The predicted octanol–water partition coefficient (Wildman–Crippen LogP) is 0.659. The highest BCUT2D eigenvalue weighted by atomic mass is 32.2. The Balaban J connectivity index is 2.51. The molecule has 0 aliphatic rings. The Labute approximate surface area is 122 Å². The summed E-state index contributed by atoms with van der Waals surface area (Å²) >= 11 is 0. The normalized spacial score (nSPS) is 12.3. The summed E-state index contributed by atoms with van der Waals surface area (Å²) in [5.41, 5.74) is 0.219. The van der Waals surface area contributed by atoms with Gasteiger partial charge in [0.15, 0.2) is 9.84 Å². The molecular weight excluding hydrogens is 297 g/mol. The number of benzene rings is 1. The van der Waals surface area contributed by atoms with Crippen molar-refractivity contribution in [2.24, 2.45) is 0 Å². The Kier molecular flexibility index (Phi) is 5.67. The number of rotatable bonds is 6. The third-order valence-electron chi connectivity index (χ3n) is 2.88. The molecule has 0 bridgehead atoms. The molecule has 1 atom stereocenters. The Morgan fingerprint density at radius 2 is 2.10 bits per heavy atom. The number of nitrogens with zero attached hydrogens (tertiary/aromatic N) is 1. The van der Waals surface area contributed by atoms with Crippen molar-refractivity contribution in [2.45, 2.75) is 12.2 Å². The van der Waals surface area contributed by atoms with Crippen molar-refractivity contribution < 1.29 is 17.6 Å². The van der Waals surface area contributed by atoms with Gasteiger partial charge >= 0.3 is 0 Å². The Bertz CT molecular complexity index is 668. The first-order valence-corrected chi connectivity index (χ1v) is 8.12. The highest BCUT2D eigenvalue weighted by molar-refractivity contribution is 7.92. The van der Waals surface area contributed by atoms with Crippen LogP contribution < -0.4 is 10.6 Å². The lowest BCUT2D eigenvalue weighted by Gasteiger charge is -2.12. The summed E-state index contributed by atoms with van der Waals surface area (Å²) < 4.78 is 35.7. The third kappa shape index (κ3) is 4.72. The molecule has 1 unspecified atom stereocenters. The van der Waals surface area contributed by atoms with Crippen molar-refractivity contribution in [3.05, 3.63) is 29.6 Å². The number of amides is 1. The molecule has 1 aromatic rings. The summed E-state index contributed by atoms with van der Waals surface area (Å²) in [6, 6.07) is 5.93. The van der Waals surface area contributed by atoms with Gasteiger partial charge in [0, 0.05) is 19.3 Å². The minimum atomic E-state index is -3.43. The minimum Gasteiger partial charge on any atom is -0.382 e. The van der Waals surface area contributed by atoms with Gasteiger partial charge in [0.25, 0.3) is 0 Å². The number of carbonyl (C=O) groups excluding carboxylic acids is 1. The molecule has 1 rings (SSSR count). The molecule has 0 saturated heterocycles. The van der Waals surface area contributed by atoms with E-state index >= 15 is 0 Å². The number of halogens is 1. The van der Waals surface area contributed by atoms with Gasteiger partial charge in [-0.2, -0.15) is 5.26 Å². The van der Waals surface area contributed by atoms with Crippen molar-refractivity contribution in [3.8, 4) is 6.07 Å². The first-order valence-electron chi connectivity index (χ1n) is 6.16. The Morgan fingerprint density at radius 3 is 2.67 bits per heavy atom. The maximum atomic E-state index is 13.3. The second-order valence-electron chi connectivity index (χ2n) is 4.46. The lowest BCUT2D eigenvalue weighted by Crippen LogP contribution is -2.39. The van der Waals surface area contributed by atoms with E-state index in [1.54, 1.807) is 12.1 Å². The number of carbonyl (C=O) groups is 1. The molecule has 1 aromatic carbocycles. The minimum absolute atomic E-state index is 0.103. The van der Waals surface area contributed by atoms with E-state index in [2.05, 4.69) is 10.6 Å². The van der Waals surface area contributed by atoms with Gasteiger partial charge in [-0.15, -0.1) is 0 Å². The van der Waals surface area contributed by atoms with Crippen molar-refractivity contribution in [1.29, 1.82) is 5.26 Å². The standard InChI is InChI=1S/C13H16FN3O3S/c1-9(21(2,19)20)13(18)17-7-6-16-12-5-3-4-11(14)10(12)8-15/h3-5,9,16H,6-7H2,1-2H3,(H,17,18). The van der Waals surface area contributed by atoms with E-state index in [0.717, 1.165) is 6.26 Å². The van der Waals surface area contributed by atoms with Gasteiger partial charge in [-0.1, -0.05) is 6.07 Å². The maximum absolute atomic E-state index is 13.3. The van der Waals surface area contributed by atoms with E-state index in [1.165, 1.54) is 19.1 Å². The molecule has 0 fully saturated rings. The molecule has 0 aliphatic heterocycles. The van der Waals surface area contributed by atoms with Gasteiger partial charge in [0.1, 0.15) is 22.7 Å². The largest absolute Gasteiger partial charge is 0.382 e. The number of hydrogen-bond donors (Lipinski definition) is 2. The molecule has 0 spiro atoms. The second-order valence-corrected chi connectivity index (χ2v) is 6.83. The van der Waals surface area contributed by atoms with Gasteiger partial charge in [-0.3, -0.25) is 4.79 Å². The van der Waals surface area contributed by atoms with Crippen LogP contribution in [0.25, 0.3) is 0 Å². The number of nitrogens with one attached hydrogen (secondary N) is 2. The first-order chi connectivity index (χ1) is 9.77. The molecule has 2 N–H and O–H groups in total. The fraction of sp³-hybridized carbons (Fsp3) is 0.385. The molecule has 114 valence electrons. The van der Waals surface area contributed by atoms with Crippen LogP contribution in [0.15, 0.2) is 18.2 Å². The van der Waals surface area contributed by atoms with Crippen molar-refractivity contribution in [2.75, 3.05) is 24.7 Å². The van der Waals surface area contributed by atoms with Gasteiger partial charge < -0.3 is 10.6 Å². The average Bonchev–Trinajstić information content (AvgIpc) is 2.41. The van der Waals surface area contributed by atoms with Gasteiger partial charge in [0.05, 0.1) is 5.69 Å². The monoisotopic (exact) mass is 313 g/mol. The van der Waals surface area contributed by atoms with E-state index in [0.29, 0.717) is 5.69 Å². The number of hydrogen-bond acceptors (Lipinski definition) is 5. The Morgan fingerprint density at radius 1 is 1.43 bits per heavy atom. The van der Waals surface area contributed by atoms with Crippen LogP contribution in [-0.4, -0.2) is 38.9 Å². The molecular formula is C13H16FN3O3S. The molecule has 0 aliphatic carbocycles. The van der Waals surface area contributed by atoms with Gasteiger partial charge in [0.2, 0.25) is 5.91 Å². The zero-order chi connectivity index (χ0) is 16.0. The molecule has 8 heteroatoms. The van der Waals surface area contributed by atoms with E-state index in [4.69, 9.17) is 5.26 Å². The highest BCUT2D eigenvalue weighted by Gasteiger charge is 2.22. The zero-order valence-corrected chi connectivity index (χ0v) is 12.5. The summed E-state index contributed by atoms with van der Waals surface area (Å²) in [7, 11) is -3.43. The van der Waals surface area contributed by atoms with E-state index in [9.17, 15) is 17.6 Å². The predicted molar refractivity (Wildman–Crippen MR) is 76.9 cm³/mol. The van der Waals surface area contributed by atoms with Crippen molar-refractivity contribution >= 4 is 21.4 Å². The fourth-order valence-corrected chi connectivity index (χ4v) is 1.98. The summed E-state index contributed by atoms with van der Waals surface area (Å²) in [6.07, 6.45) is 0.988. The second kappa shape index (κ2) is 7.04. The van der Waals surface area contributed by atoms with E-state index in [1.807, 2.05) is 0 Å². The van der Waals surface area contributed by atoms with E-state index < -0.39 is 26.8 Å². The van der Waals surface area contributed by atoms with E-state index in [-0.39, 0.29) is 18.7 Å². The smallest absolute Gasteiger partial charge is 0.238 e. The SMILES string of the molecule is CC(C(=O)NCCNc1cccc(F)c1C#N)S(C)(=O)=O. The number of sulfone groups is 1. The van der Waals surface area contributed by atoms with Gasteiger partial charge in [-0.25, -0.2) is 12.8 Å². The van der Waals surface area contributed by atoms with Crippen LogP contribution in [0.5, 0.6) is 0 Å². The van der Waals surface area contributed by atoms with Crippen LogP contribution in [0.3, 0.4) is 0 Å². The Hall–Kier alpha value is -2.14. The van der Waals surface area contributed by atoms with Crippen molar-refractivity contribution in [1.82, 2.24) is 5.32 Å². The molecule has 0 saturated carbocycles. The maximum Gasteiger partial charge on any atom is 0.238 e. The molecule has 1 amide bonds. The molecule has 0 aromatic heterocycles. The number of nitriles is 1. The number of anilines is 1. The topological polar surface area (TPSA) is 99.1 Å². The summed E-state index contributed by atoms with van der Waals surface area (Å²) in [5.74, 6) is -1.23. The average molecular weight is 313 g/mol. The molecule has 0 radical (unpaired) electrons. The molecule has 21 heavy (non-hydrogen) atoms. The molecule has 6 nitrogen and oxygen atoms in total. The van der Waals surface area contributed by atoms with Gasteiger partial charge in [-0.05, 0) is 19.1 Å². The summed E-state index contributed by atoms with van der Waals surface area (Å²) in [4.78, 5) is 11.5. The third-order valence-corrected chi connectivity index (χ3v) is 4.38. The zero-order valence-electron chi connectivity index (χ0n) is 11.7. The van der Waals surface area contributed by atoms with Crippen LogP contribution in [-0.2, 0) is 14.6 Å². The lowest BCUT2D eigenvalue weighted by molar-refractivity contribution is -0.120. The van der Waals surface area contributed by atoms with Crippen LogP contribution >= 0.6 is 0 Å². The van der Waals surface area contributed by atoms with Crippen LogP contribution in [0.4, 0.5) is 10.1 Å². The highest BCUT2D eigenvalue weighted by Crippen LogP contribution is 2.17. The lowest BCUT2D eigenvalue weighted by atomic mass is 10.2. The molecule has 0 heterocycles. The summed E-state index contributed by atoms with van der Waals surface area (Å²) in [5, 5.41) is 13.0. The van der Waals surface area contributed by atoms with Crippen LogP contribution in [0, 0.1) is 17.1 Å². The fourth-order valence-electron chi connectivity index (χ4n) is 1.51. The van der Waals surface area contributed by atoms with Crippen molar-refractivity contribution in [3.63, 3.8) is 0 Å². The van der Waals surface area contributed by atoms with Crippen LogP contribution in [0.1, 0.15) is 12.5 Å². The van der Waals surface area contributed by atoms with Crippen LogP contribution in [0.2, 0.25) is 0 Å². The first kappa shape index (κ1) is 16.9. The summed E-state index contributed by atoms with van der Waals surface area (Å²) in [6.45, 7) is 1.69.